The van der Waals surface area contributed by atoms with E-state index in [9.17, 15) is 14.7 Å². The number of carbonyl (C=O) groups is 2. The predicted molar refractivity (Wildman–Crippen MR) is 138 cm³/mol. The van der Waals surface area contributed by atoms with Crippen molar-refractivity contribution < 1.29 is 14.7 Å². The van der Waals surface area contributed by atoms with Crippen LogP contribution in [0.3, 0.4) is 0 Å². The van der Waals surface area contributed by atoms with Crippen LogP contribution in [0.2, 0.25) is 0 Å². The Morgan fingerprint density at radius 2 is 1.48 bits per heavy atom. The summed E-state index contributed by atoms with van der Waals surface area (Å²) in [6.07, 6.45) is 2.46. The maximum atomic E-state index is 13.4. The summed E-state index contributed by atoms with van der Waals surface area (Å²) in [5.41, 5.74) is 3.27. The maximum Gasteiger partial charge on any atom is 0.270 e. The van der Waals surface area contributed by atoms with E-state index in [1.54, 1.807) is 6.08 Å². The van der Waals surface area contributed by atoms with Gasteiger partial charge in [0.05, 0.1) is 5.69 Å². The Morgan fingerprint density at radius 3 is 1.94 bits per heavy atom. The third kappa shape index (κ3) is 5.01. The number of phenols is 1. The number of carbonyl (C=O) groups excluding carboxylic acids is 2. The van der Waals surface area contributed by atoms with Crippen LogP contribution >= 0.6 is 12.2 Å². The van der Waals surface area contributed by atoms with Crippen molar-refractivity contribution in [1.82, 2.24) is 5.32 Å². The second-order valence-electron chi connectivity index (χ2n) is 10.4. The molecule has 0 aliphatic carbocycles. The van der Waals surface area contributed by atoms with Gasteiger partial charge in [0.1, 0.15) is 11.3 Å². The van der Waals surface area contributed by atoms with Gasteiger partial charge in [0.15, 0.2) is 5.11 Å². The SMILES string of the molecule is CCc1ccc(N2C(=O)/C(=C/c3cc(C(C)(C)C)c(O)c(C(C)(C)C)c3)C(=O)NC2=S)cc1. The number of aromatic hydroxyl groups is 1. The van der Waals surface area contributed by atoms with Crippen molar-refractivity contribution in [2.75, 3.05) is 4.90 Å². The number of hydrogen-bond acceptors (Lipinski definition) is 4. The standard InChI is InChI=1S/C27H32N2O3S/c1-8-16-9-11-18(12-10-16)29-24(32)19(23(31)28-25(29)33)13-17-14-20(26(2,3)4)22(30)21(15-17)27(5,6)7/h9-15,30H,8H2,1-7H3,(H,28,31,33)/b19-13+. The van der Waals surface area contributed by atoms with Crippen LogP contribution in [0.25, 0.3) is 6.08 Å². The topological polar surface area (TPSA) is 69.6 Å². The van der Waals surface area contributed by atoms with Gasteiger partial charge in [-0.3, -0.25) is 19.8 Å². The van der Waals surface area contributed by atoms with Crippen molar-refractivity contribution in [3.63, 3.8) is 0 Å². The van der Waals surface area contributed by atoms with Crippen LogP contribution in [0.1, 0.15) is 70.7 Å². The Morgan fingerprint density at radius 1 is 0.970 bits per heavy atom. The van der Waals surface area contributed by atoms with Crippen LogP contribution in [-0.2, 0) is 26.8 Å². The molecule has 1 aliphatic heterocycles. The zero-order valence-electron chi connectivity index (χ0n) is 20.4. The first-order valence-corrected chi connectivity index (χ1v) is 11.5. The summed E-state index contributed by atoms with van der Waals surface area (Å²) in [5, 5.41) is 13.7. The van der Waals surface area contributed by atoms with Crippen molar-refractivity contribution >= 4 is 40.9 Å². The highest BCUT2D eigenvalue weighted by molar-refractivity contribution is 7.80. The lowest BCUT2D eigenvalue weighted by Gasteiger charge is -2.30. The molecule has 33 heavy (non-hydrogen) atoms. The van der Waals surface area contributed by atoms with Gasteiger partial charge in [0.25, 0.3) is 11.8 Å². The normalized spacial score (nSPS) is 16.4. The Labute approximate surface area is 201 Å². The van der Waals surface area contributed by atoms with E-state index in [1.165, 1.54) is 4.90 Å². The van der Waals surface area contributed by atoms with Gasteiger partial charge in [-0.15, -0.1) is 0 Å². The average molecular weight is 465 g/mol. The van der Waals surface area contributed by atoms with Crippen LogP contribution < -0.4 is 10.2 Å². The molecule has 0 saturated carbocycles. The van der Waals surface area contributed by atoms with Gasteiger partial charge in [0, 0.05) is 11.1 Å². The Hall–Kier alpha value is -2.99. The first-order valence-electron chi connectivity index (χ1n) is 11.1. The van der Waals surface area contributed by atoms with E-state index in [2.05, 4.69) is 12.2 Å². The fourth-order valence-electron chi connectivity index (χ4n) is 3.82. The number of nitrogens with zero attached hydrogens (tertiary/aromatic N) is 1. The molecule has 6 heteroatoms. The van der Waals surface area contributed by atoms with E-state index >= 15 is 0 Å². The molecule has 2 aromatic carbocycles. The van der Waals surface area contributed by atoms with E-state index < -0.39 is 11.8 Å². The number of nitrogens with one attached hydrogen (secondary N) is 1. The Balaban J connectivity index is 2.13. The minimum absolute atomic E-state index is 0.00595. The molecule has 0 aromatic heterocycles. The summed E-state index contributed by atoms with van der Waals surface area (Å²) in [4.78, 5) is 27.5. The largest absolute Gasteiger partial charge is 0.507 e. The summed E-state index contributed by atoms with van der Waals surface area (Å²) in [7, 11) is 0. The molecule has 1 saturated heterocycles. The number of anilines is 1. The second kappa shape index (κ2) is 8.75. The highest BCUT2D eigenvalue weighted by Crippen LogP contribution is 2.40. The zero-order chi connectivity index (χ0) is 24.7. The number of thiocarbonyl (C=S) groups is 1. The van der Waals surface area contributed by atoms with Crippen LogP contribution in [0.15, 0.2) is 42.0 Å². The lowest BCUT2D eigenvalue weighted by atomic mass is 9.78. The lowest BCUT2D eigenvalue weighted by molar-refractivity contribution is -0.122. The van der Waals surface area contributed by atoms with E-state index in [-0.39, 0.29) is 27.3 Å². The molecular weight excluding hydrogens is 432 g/mol. The van der Waals surface area contributed by atoms with Crippen molar-refractivity contribution in [2.45, 2.75) is 65.7 Å². The van der Waals surface area contributed by atoms with Crippen molar-refractivity contribution in [3.8, 4) is 5.75 Å². The minimum atomic E-state index is -0.533. The van der Waals surface area contributed by atoms with Crippen molar-refractivity contribution in [1.29, 1.82) is 0 Å². The molecule has 5 nitrogen and oxygen atoms in total. The number of aryl methyl sites for hydroxylation is 1. The molecule has 0 spiro atoms. The van der Waals surface area contributed by atoms with Gasteiger partial charge in [-0.05, 0) is 70.9 Å². The van der Waals surface area contributed by atoms with Crippen molar-refractivity contribution in [2.24, 2.45) is 0 Å². The molecule has 2 aromatic rings. The molecule has 2 N–H and O–H groups in total. The van der Waals surface area contributed by atoms with Crippen LogP contribution in [0, 0.1) is 0 Å². The van der Waals surface area contributed by atoms with Gasteiger partial charge < -0.3 is 5.11 Å². The Kier molecular flexibility index (Phi) is 6.53. The molecule has 174 valence electrons. The van der Waals surface area contributed by atoms with E-state index in [0.717, 1.165) is 23.1 Å². The third-order valence-corrected chi connectivity index (χ3v) is 6.05. The summed E-state index contributed by atoms with van der Waals surface area (Å²) < 4.78 is 0. The summed E-state index contributed by atoms with van der Waals surface area (Å²) in [5.74, 6) is -0.764. The van der Waals surface area contributed by atoms with Crippen LogP contribution in [0.5, 0.6) is 5.75 Å². The molecule has 1 fully saturated rings. The summed E-state index contributed by atoms with van der Waals surface area (Å²) >= 11 is 5.31. The van der Waals surface area contributed by atoms with Gasteiger partial charge in [-0.25, -0.2) is 0 Å². The average Bonchev–Trinajstić information content (AvgIpc) is 2.70. The molecule has 2 amide bonds. The second-order valence-corrected chi connectivity index (χ2v) is 10.8. The lowest BCUT2D eigenvalue weighted by Crippen LogP contribution is -2.54. The summed E-state index contributed by atoms with van der Waals surface area (Å²) in [6, 6.07) is 11.2. The predicted octanol–water partition coefficient (Wildman–Crippen LogP) is 5.38. The molecule has 0 bridgehead atoms. The molecule has 0 radical (unpaired) electrons. The van der Waals surface area contributed by atoms with Gasteiger partial charge in [0.2, 0.25) is 0 Å². The highest BCUT2D eigenvalue weighted by atomic mass is 32.1. The zero-order valence-corrected chi connectivity index (χ0v) is 21.2. The molecule has 1 aliphatic rings. The number of hydrogen-bond donors (Lipinski definition) is 2. The summed E-state index contributed by atoms with van der Waals surface area (Å²) in [6.45, 7) is 14.2. The number of benzene rings is 2. The molecule has 3 rings (SSSR count). The van der Waals surface area contributed by atoms with Crippen molar-refractivity contribution in [3.05, 3.63) is 64.2 Å². The number of rotatable bonds is 3. The quantitative estimate of drug-likeness (QED) is 0.363. The van der Waals surface area contributed by atoms with Crippen LogP contribution in [-0.4, -0.2) is 22.0 Å². The Bertz CT molecular complexity index is 1110. The molecule has 0 unspecified atom stereocenters. The highest BCUT2D eigenvalue weighted by Gasteiger charge is 2.35. The minimum Gasteiger partial charge on any atom is -0.507 e. The van der Waals surface area contributed by atoms with Gasteiger partial charge >= 0.3 is 0 Å². The van der Waals surface area contributed by atoms with Gasteiger partial charge in [-0.1, -0.05) is 60.6 Å². The fourth-order valence-corrected chi connectivity index (χ4v) is 4.10. The number of phenolic OH excluding ortho intramolecular Hbond substituents is 1. The fraction of sp³-hybridized carbons (Fsp3) is 0.370. The van der Waals surface area contributed by atoms with E-state index in [0.29, 0.717) is 11.3 Å². The van der Waals surface area contributed by atoms with Gasteiger partial charge in [-0.2, -0.15) is 0 Å². The van der Waals surface area contributed by atoms with E-state index in [1.807, 2.05) is 77.9 Å². The van der Waals surface area contributed by atoms with Crippen LogP contribution in [0.4, 0.5) is 5.69 Å². The maximum absolute atomic E-state index is 13.4. The monoisotopic (exact) mass is 464 g/mol. The smallest absolute Gasteiger partial charge is 0.270 e. The van der Waals surface area contributed by atoms with E-state index in [4.69, 9.17) is 12.2 Å². The third-order valence-electron chi connectivity index (χ3n) is 5.76. The molecule has 1 heterocycles. The molecular formula is C27H32N2O3S. The first kappa shape index (κ1) is 24.6. The number of amides is 2. The molecule has 0 atom stereocenters. The first-order chi connectivity index (χ1) is 15.2.